The number of rotatable bonds is 3. The van der Waals surface area contributed by atoms with E-state index in [0.717, 1.165) is 19.3 Å². The fourth-order valence-electron chi connectivity index (χ4n) is 2.70. The molecule has 0 amide bonds. The smallest absolute Gasteiger partial charge is 0.223 e. The summed E-state index contributed by atoms with van der Waals surface area (Å²) in [5, 5.41) is 0.281. The molecular formula is C13H18ClN5O. The lowest BCUT2D eigenvalue weighted by Gasteiger charge is -2.16. The van der Waals surface area contributed by atoms with Gasteiger partial charge in [-0.25, -0.2) is 4.98 Å². The minimum Gasteiger partial charge on any atom is -0.368 e. The molecule has 7 heteroatoms. The average molecular weight is 296 g/mol. The summed E-state index contributed by atoms with van der Waals surface area (Å²) in [7, 11) is 0. The van der Waals surface area contributed by atoms with Crippen LogP contribution in [0.4, 0.5) is 5.95 Å². The number of aromatic nitrogens is 4. The van der Waals surface area contributed by atoms with Crippen molar-refractivity contribution in [3.05, 3.63) is 11.5 Å². The number of anilines is 1. The quantitative estimate of drug-likeness (QED) is 0.881. The molecule has 0 saturated carbocycles. The maximum atomic E-state index is 6.08. The van der Waals surface area contributed by atoms with Crippen LogP contribution in [0.25, 0.3) is 11.2 Å². The Morgan fingerprint density at radius 3 is 3.00 bits per heavy atom. The Morgan fingerprint density at radius 2 is 2.25 bits per heavy atom. The van der Waals surface area contributed by atoms with Crippen LogP contribution in [0, 0.1) is 5.92 Å². The third-order valence-electron chi connectivity index (χ3n) is 3.53. The van der Waals surface area contributed by atoms with E-state index >= 15 is 0 Å². The van der Waals surface area contributed by atoms with Crippen molar-refractivity contribution in [1.82, 2.24) is 19.5 Å². The van der Waals surface area contributed by atoms with Crippen molar-refractivity contribution >= 4 is 28.7 Å². The van der Waals surface area contributed by atoms with E-state index in [1.54, 1.807) is 6.33 Å². The predicted molar refractivity (Wildman–Crippen MR) is 77.3 cm³/mol. The number of hydrogen-bond acceptors (Lipinski definition) is 5. The predicted octanol–water partition coefficient (Wildman–Crippen LogP) is 2.79. The SMILES string of the molecule is CC(C)C[C@@H]1CCC(n2cnc3c(Cl)nc(N)nc32)O1. The van der Waals surface area contributed by atoms with Gasteiger partial charge < -0.3 is 10.5 Å². The first-order valence-electron chi connectivity index (χ1n) is 6.85. The first-order valence-corrected chi connectivity index (χ1v) is 7.23. The van der Waals surface area contributed by atoms with Crippen LogP contribution in [0.15, 0.2) is 6.33 Å². The second-order valence-electron chi connectivity index (χ2n) is 5.62. The molecule has 1 saturated heterocycles. The van der Waals surface area contributed by atoms with Gasteiger partial charge in [-0.2, -0.15) is 9.97 Å². The van der Waals surface area contributed by atoms with Gasteiger partial charge in [-0.3, -0.25) is 4.57 Å². The largest absolute Gasteiger partial charge is 0.368 e. The van der Waals surface area contributed by atoms with Crippen LogP contribution in [0.2, 0.25) is 5.15 Å². The number of nitrogens with two attached hydrogens (primary N) is 1. The fraction of sp³-hybridized carbons (Fsp3) is 0.615. The fourth-order valence-corrected chi connectivity index (χ4v) is 2.92. The molecule has 0 spiro atoms. The Morgan fingerprint density at radius 1 is 1.45 bits per heavy atom. The third kappa shape index (κ3) is 2.45. The molecule has 6 nitrogen and oxygen atoms in total. The molecule has 1 aliphatic heterocycles. The number of hydrogen-bond donors (Lipinski definition) is 1. The van der Waals surface area contributed by atoms with Gasteiger partial charge in [0.1, 0.15) is 11.7 Å². The molecule has 1 fully saturated rings. The number of ether oxygens (including phenoxy) is 1. The van der Waals surface area contributed by atoms with E-state index in [9.17, 15) is 0 Å². The second-order valence-corrected chi connectivity index (χ2v) is 5.97. The summed E-state index contributed by atoms with van der Waals surface area (Å²) in [6, 6.07) is 0. The molecule has 2 atom stereocenters. The summed E-state index contributed by atoms with van der Waals surface area (Å²) in [5.41, 5.74) is 6.86. The number of fused-ring (bicyclic) bond motifs is 1. The van der Waals surface area contributed by atoms with E-state index in [-0.39, 0.29) is 17.3 Å². The van der Waals surface area contributed by atoms with Crippen molar-refractivity contribution in [2.75, 3.05) is 5.73 Å². The zero-order valence-electron chi connectivity index (χ0n) is 11.6. The molecule has 0 aromatic carbocycles. The van der Waals surface area contributed by atoms with E-state index in [4.69, 9.17) is 22.1 Å². The van der Waals surface area contributed by atoms with E-state index in [2.05, 4.69) is 28.8 Å². The first kappa shape index (κ1) is 13.6. The molecule has 20 heavy (non-hydrogen) atoms. The Hall–Kier alpha value is -1.40. The number of halogens is 1. The van der Waals surface area contributed by atoms with Gasteiger partial charge in [0.2, 0.25) is 5.95 Å². The van der Waals surface area contributed by atoms with Crippen LogP contribution in [0.5, 0.6) is 0 Å². The van der Waals surface area contributed by atoms with Gasteiger partial charge in [0.25, 0.3) is 0 Å². The summed E-state index contributed by atoms with van der Waals surface area (Å²) in [6.07, 6.45) is 5.02. The summed E-state index contributed by atoms with van der Waals surface area (Å²) in [5.74, 6) is 0.784. The highest BCUT2D eigenvalue weighted by Gasteiger charge is 2.28. The van der Waals surface area contributed by atoms with E-state index in [1.807, 2.05) is 4.57 Å². The van der Waals surface area contributed by atoms with Gasteiger partial charge in [-0.15, -0.1) is 0 Å². The lowest BCUT2D eigenvalue weighted by atomic mass is 10.0. The molecular weight excluding hydrogens is 278 g/mol. The van der Waals surface area contributed by atoms with E-state index in [1.165, 1.54) is 0 Å². The number of nitrogens with zero attached hydrogens (tertiary/aromatic N) is 4. The van der Waals surface area contributed by atoms with Gasteiger partial charge in [0.15, 0.2) is 10.8 Å². The molecule has 0 radical (unpaired) electrons. The summed E-state index contributed by atoms with van der Waals surface area (Å²) in [4.78, 5) is 12.4. The van der Waals surface area contributed by atoms with Crippen LogP contribution in [0.1, 0.15) is 39.3 Å². The molecule has 0 aliphatic carbocycles. The van der Waals surface area contributed by atoms with Crippen LogP contribution in [-0.4, -0.2) is 25.6 Å². The van der Waals surface area contributed by atoms with Crippen molar-refractivity contribution in [2.45, 2.75) is 45.4 Å². The van der Waals surface area contributed by atoms with Crippen molar-refractivity contribution in [3.63, 3.8) is 0 Å². The molecule has 2 N–H and O–H groups in total. The van der Waals surface area contributed by atoms with E-state index in [0.29, 0.717) is 23.2 Å². The number of imidazole rings is 1. The van der Waals surface area contributed by atoms with E-state index < -0.39 is 0 Å². The zero-order valence-corrected chi connectivity index (χ0v) is 12.3. The monoisotopic (exact) mass is 295 g/mol. The molecule has 3 heterocycles. The average Bonchev–Trinajstić information content (AvgIpc) is 2.94. The summed E-state index contributed by atoms with van der Waals surface area (Å²) in [6.45, 7) is 4.41. The van der Waals surface area contributed by atoms with Crippen molar-refractivity contribution in [1.29, 1.82) is 0 Å². The summed E-state index contributed by atoms with van der Waals surface area (Å²) < 4.78 is 7.99. The van der Waals surface area contributed by atoms with Gasteiger partial charge in [-0.05, 0) is 25.2 Å². The minimum atomic E-state index is -0.0471. The maximum absolute atomic E-state index is 6.08. The normalized spacial score (nSPS) is 23.0. The summed E-state index contributed by atoms with van der Waals surface area (Å²) >= 11 is 6.03. The molecule has 1 aliphatic rings. The Kier molecular flexibility index (Phi) is 3.52. The minimum absolute atomic E-state index is 0.0471. The zero-order chi connectivity index (χ0) is 14.3. The van der Waals surface area contributed by atoms with Gasteiger partial charge in [0, 0.05) is 0 Å². The standard InChI is InChI=1S/C13H18ClN5O/c1-7(2)5-8-3-4-9(20-8)19-6-16-10-11(14)17-13(15)18-12(10)19/h6-9H,3-5H2,1-2H3,(H2,15,17,18)/t8-,9?/m0/s1. The molecule has 2 aromatic heterocycles. The first-order chi connectivity index (χ1) is 9.54. The number of nitrogen functional groups attached to an aromatic ring is 1. The Bertz CT molecular complexity index is 626. The van der Waals surface area contributed by atoms with Gasteiger partial charge in [0.05, 0.1) is 12.4 Å². The topological polar surface area (TPSA) is 78.9 Å². The van der Waals surface area contributed by atoms with Gasteiger partial charge >= 0.3 is 0 Å². The third-order valence-corrected chi connectivity index (χ3v) is 3.79. The molecule has 108 valence electrons. The lowest BCUT2D eigenvalue weighted by molar-refractivity contribution is -0.00442. The van der Waals surface area contributed by atoms with Crippen molar-refractivity contribution in [3.8, 4) is 0 Å². The van der Waals surface area contributed by atoms with Gasteiger partial charge in [-0.1, -0.05) is 25.4 Å². The van der Waals surface area contributed by atoms with Crippen LogP contribution in [0.3, 0.4) is 0 Å². The van der Waals surface area contributed by atoms with Crippen LogP contribution in [-0.2, 0) is 4.74 Å². The Balaban J connectivity index is 1.88. The highest BCUT2D eigenvalue weighted by molar-refractivity contribution is 6.33. The maximum Gasteiger partial charge on any atom is 0.223 e. The lowest BCUT2D eigenvalue weighted by Crippen LogP contribution is -2.13. The van der Waals surface area contributed by atoms with Crippen LogP contribution >= 0.6 is 11.6 Å². The molecule has 3 rings (SSSR count). The molecule has 0 bridgehead atoms. The van der Waals surface area contributed by atoms with Crippen molar-refractivity contribution < 1.29 is 4.74 Å². The molecule has 1 unspecified atom stereocenters. The van der Waals surface area contributed by atoms with Crippen LogP contribution < -0.4 is 5.73 Å². The second kappa shape index (κ2) is 5.18. The van der Waals surface area contributed by atoms with Crippen molar-refractivity contribution in [2.24, 2.45) is 5.92 Å². The Labute approximate surface area is 122 Å². The highest BCUT2D eigenvalue weighted by Crippen LogP contribution is 2.33. The molecule has 2 aromatic rings. The highest BCUT2D eigenvalue weighted by atomic mass is 35.5.